The fraction of sp³-hybridized carbons (Fsp3) is 0.552. The molecule has 0 saturated carbocycles. The molecule has 1 aromatic rings. The second kappa shape index (κ2) is 11.9. The number of esters is 1. The third-order valence-corrected chi connectivity index (χ3v) is 6.83. The maximum atomic E-state index is 12.1. The number of aromatic amines is 1. The number of morpholine rings is 1. The first-order chi connectivity index (χ1) is 16.2. The molecule has 1 aliphatic carbocycles. The van der Waals surface area contributed by atoms with Gasteiger partial charge in [0.1, 0.15) is 0 Å². The maximum Gasteiger partial charge on any atom is 0.335 e. The number of fused-ring (bicyclic) bond motifs is 1. The highest BCUT2D eigenvalue weighted by Gasteiger charge is 2.37. The summed E-state index contributed by atoms with van der Waals surface area (Å²) in [6.45, 7) is 17.1. The lowest BCUT2D eigenvalue weighted by atomic mass is 9.69. The van der Waals surface area contributed by atoms with Crippen LogP contribution in [0.15, 0.2) is 47.8 Å². The summed E-state index contributed by atoms with van der Waals surface area (Å²) in [5.74, 6) is -0.191. The van der Waals surface area contributed by atoms with Gasteiger partial charge in [0.2, 0.25) is 0 Å². The Labute approximate surface area is 205 Å². The number of aromatic nitrogens is 1. The summed E-state index contributed by atoms with van der Waals surface area (Å²) in [6, 6.07) is 2.28. The monoisotopic (exact) mass is 466 g/mol. The van der Waals surface area contributed by atoms with E-state index in [9.17, 15) is 4.79 Å². The minimum atomic E-state index is -0.326. The molecule has 0 radical (unpaired) electrons. The van der Waals surface area contributed by atoms with E-state index in [4.69, 9.17) is 9.47 Å². The van der Waals surface area contributed by atoms with Crippen molar-refractivity contribution in [3.63, 3.8) is 0 Å². The predicted molar refractivity (Wildman–Crippen MR) is 140 cm³/mol. The number of ether oxygens (including phenoxy) is 2. The van der Waals surface area contributed by atoms with Crippen LogP contribution in [-0.2, 0) is 14.3 Å². The van der Waals surface area contributed by atoms with Gasteiger partial charge in [-0.3, -0.25) is 4.90 Å². The average Bonchev–Trinajstić information content (AvgIpc) is 3.11. The van der Waals surface area contributed by atoms with Crippen molar-refractivity contribution in [3.8, 4) is 0 Å². The molecule has 1 aromatic heterocycles. The molecular weight excluding hydrogens is 424 g/mol. The molecule has 0 aromatic carbocycles. The first-order valence-electron chi connectivity index (χ1n) is 12.5. The zero-order valence-corrected chi connectivity index (χ0v) is 21.9. The first kappa shape index (κ1) is 26.2. The largest absolute Gasteiger partial charge is 0.432 e. The highest BCUT2D eigenvalue weighted by atomic mass is 16.5. The molecule has 2 heterocycles. The molecule has 5 heteroatoms. The quantitative estimate of drug-likeness (QED) is 0.211. The number of H-pyrrole nitrogens is 1. The smallest absolute Gasteiger partial charge is 0.335 e. The van der Waals surface area contributed by atoms with Crippen molar-refractivity contribution in [3.05, 3.63) is 64.7 Å². The van der Waals surface area contributed by atoms with E-state index in [0.717, 1.165) is 63.4 Å². The molecule has 1 N–H and O–H groups in total. The van der Waals surface area contributed by atoms with Crippen molar-refractivity contribution in [1.29, 1.82) is 0 Å². The summed E-state index contributed by atoms with van der Waals surface area (Å²) >= 11 is 0. The van der Waals surface area contributed by atoms with Crippen LogP contribution < -0.4 is 0 Å². The number of nitrogens with one attached hydrogen (secondary N) is 1. The molecule has 5 nitrogen and oxygen atoms in total. The van der Waals surface area contributed by atoms with Crippen LogP contribution in [0.4, 0.5) is 0 Å². The molecule has 0 spiro atoms. The highest BCUT2D eigenvalue weighted by Crippen LogP contribution is 2.49. The molecule has 0 amide bonds. The summed E-state index contributed by atoms with van der Waals surface area (Å²) < 4.78 is 11.0. The van der Waals surface area contributed by atoms with E-state index in [1.807, 2.05) is 13.8 Å². The molecule has 0 unspecified atom stereocenters. The van der Waals surface area contributed by atoms with Crippen molar-refractivity contribution < 1.29 is 14.3 Å². The van der Waals surface area contributed by atoms with E-state index in [1.165, 1.54) is 28.5 Å². The number of nitrogens with zero attached hydrogens (tertiary/aromatic N) is 1. The van der Waals surface area contributed by atoms with Crippen molar-refractivity contribution >= 4 is 11.5 Å². The third kappa shape index (κ3) is 7.07. The van der Waals surface area contributed by atoms with Gasteiger partial charge < -0.3 is 14.5 Å². The normalized spacial score (nSPS) is 23.1. The number of aryl methyl sites for hydroxylation is 1. The average molecular weight is 467 g/mol. The SMILES string of the molecule is CC(C)=CCC[C@@]1(C)CC=C(CN2CCOCC2)c2[nH]c(C)cc2[C@@H]1/C=C/OC(=O)C=C(C)C. The fourth-order valence-corrected chi connectivity index (χ4v) is 4.97. The van der Waals surface area contributed by atoms with Gasteiger partial charge in [0.25, 0.3) is 0 Å². The van der Waals surface area contributed by atoms with Crippen molar-refractivity contribution in [2.75, 3.05) is 32.8 Å². The lowest BCUT2D eigenvalue weighted by molar-refractivity contribution is -0.132. The van der Waals surface area contributed by atoms with Crippen LogP contribution in [0.2, 0.25) is 0 Å². The van der Waals surface area contributed by atoms with Crippen LogP contribution in [0, 0.1) is 12.3 Å². The number of allylic oxidation sites excluding steroid dienone is 5. The molecular formula is C29H42N2O3. The second-order valence-electron chi connectivity index (χ2n) is 10.5. The minimum Gasteiger partial charge on any atom is -0.432 e. The second-order valence-corrected chi connectivity index (χ2v) is 10.5. The summed E-state index contributed by atoms with van der Waals surface area (Å²) in [5, 5.41) is 0. The van der Waals surface area contributed by atoms with Gasteiger partial charge in [0.05, 0.1) is 19.5 Å². The van der Waals surface area contributed by atoms with Gasteiger partial charge in [-0.05, 0) is 82.6 Å². The number of hydrogen-bond donors (Lipinski definition) is 1. The van der Waals surface area contributed by atoms with Gasteiger partial charge in [-0.1, -0.05) is 30.2 Å². The van der Waals surface area contributed by atoms with Crippen LogP contribution >= 0.6 is 0 Å². The Bertz CT molecular complexity index is 967. The standard InChI is InChI=1S/C29H42N2O3/c1-21(2)8-7-11-29(6)12-9-24(20-31-13-16-33-17-14-31)28-25(19-23(5)30-28)26(29)10-15-34-27(32)18-22(3)4/h8-10,15,18-19,26,30H,7,11-14,16-17,20H2,1-6H3/b15-10+/t26-,29-/m0/s1. The molecule has 1 saturated heterocycles. The van der Waals surface area contributed by atoms with E-state index in [0.29, 0.717) is 0 Å². The Hall–Kier alpha value is -2.37. The molecule has 34 heavy (non-hydrogen) atoms. The van der Waals surface area contributed by atoms with Gasteiger partial charge in [-0.2, -0.15) is 0 Å². The molecule has 2 aliphatic rings. The van der Waals surface area contributed by atoms with E-state index in [2.05, 4.69) is 61.9 Å². The van der Waals surface area contributed by atoms with E-state index < -0.39 is 0 Å². The van der Waals surface area contributed by atoms with Gasteiger partial charge in [0.15, 0.2) is 0 Å². The molecule has 0 bridgehead atoms. The van der Waals surface area contributed by atoms with Crippen molar-refractivity contribution in [2.45, 2.75) is 66.7 Å². The van der Waals surface area contributed by atoms with Crippen LogP contribution in [0.5, 0.6) is 0 Å². The Morgan fingerprint density at radius 2 is 1.97 bits per heavy atom. The van der Waals surface area contributed by atoms with Gasteiger partial charge in [-0.15, -0.1) is 0 Å². The van der Waals surface area contributed by atoms with Crippen LogP contribution in [-0.4, -0.2) is 48.7 Å². The zero-order chi connectivity index (χ0) is 24.7. The number of hydrogen-bond acceptors (Lipinski definition) is 4. The summed E-state index contributed by atoms with van der Waals surface area (Å²) in [6.07, 6.45) is 13.1. The van der Waals surface area contributed by atoms with E-state index in [1.54, 1.807) is 6.26 Å². The molecule has 3 rings (SSSR count). The van der Waals surface area contributed by atoms with Crippen LogP contribution in [0.25, 0.3) is 5.57 Å². The first-order valence-corrected chi connectivity index (χ1v) is 12.5. The summed E-state index contributed by atoms with van der Waals surface area (Å²) in [4.78, 5) is 18.2. The molecule has 1 fully saturated rings. The van der Waals surface area contributed by atoms with E-state index in [-0.39, 0.29) is 17.3 Å². The highest BCUT2D eigenvalue weighted by molar-refractivity contribution is 5.83. The Balaban J connectivity index is 1.95. The molecule has 2 atom stereocenters. The number of carbonyl (C=O) groups is 1. The number of carbonyl (C=O) groups excluding carboxylic acids is 1. The van der Waals surface area contributed by atoms with Gasteiger partial charge in [-0.25, -0.2) is 4.79 Å². The van der Waals surface area contributed by atoms with Crippen LogP contribution in [0.3, 0.4) is 0 Å². The lowest BCUT2D eigenvalue weighted by Crippen LogP contribution is -2.37. The minimum absolute atomic E-state index is 0.00150. The van der Waals surface area contributed by atoms with Crippen molar-refractivity contribution in [2.24, 2.45) is 5.41 Å². The van der Waals surface area contributed by atoms with E-state index >= 15 is 0 Å². The Morgan fingerprint density at radius 1 is 1.24 bits per heavy atom. The van der Waals surface area contributed by atoms with Gasteiger partial charge in [0, 0.05) is 43.0 Å². The Kier molecular flexibility index (Phi) is 9.15. The van der Waals surface area contributed by atoms with Gasteiger partial charge >= 0.3 is 5.97 Å². The van der Waals surface area contributed by atoms with Crippen molar-refractivity contribution in [1.82, 2.24) is 9.88 Å². The van der Waals surface area contributed by atoms with Crippen LogP contribution in [0.1, 0.15) is 76.8 Å². The number of rotatable bonds is 8. The molecule has 1 aliphatic heterocycles. The topological polar surface area (TPSA) is 54.6 Å². The maximum absolute atomic E-state index is 12.1. The fourth-order valence-electron chi connectivity index (χ4n) is 4.97. The predicted octanol–water partition coefficient (Wildman–Crippen LogP) is 6.30. The lowest BCUT2D eigenvalue weighted by Gasteiger charge is -2.34. The summed E-state index contributed by atoms with van der Waals surface area (Å²) in [5.41, 5.74) is 7.31. The third-order valence-electron chi connectivity index (χ3n) is 6.83. The summed E-state index contributed by atoms with van der Waals surface area (Å²) in [7, 11) is 0. The molecule has 186 valence electrons. The zero-order valence-electron chi connectivity index (χ0n) is 21.9. The Morgan fingerprint density at radius 3 is 2.65 bits per heavy atom.